The Hall–Kier alpha value is -0.0100. The lowest BCUT2D eigenvalue weighted by atomic mass is 10.1. The van der Waals surface area contributed by atoms with Gasteiger partial charge in [0.05, 0.1) is 33.0 Å². The van der Waals surface area contributed by atoms with E-state index in [9.17, 15) is 9.46 Å². The molecule has 0 amide bonds. The van der Waals surface area contributed by atoms with Gasteiger partial charge in [-0.1, -0.05) is 51.9 Å². The van der Waals surface area contributed by atoms with Crippen LogP contribution in [0.3, 0.4) is 0 Å². The summed E-state index contributed by atoms with van der Waals surface area (Å²) in [5, 5.41) is 0. The van der Waals surface area contributed by atoms with Gasteiger partial charge < -0.3 is 20.1 Å². The number of unbranched alkanes of at least 4 members (excludes halogenated alkanes) is 7. The van der Waals surface area contributed by atoms with Crippen molar-refractivity contribution in [2.75, 3.05) is 46.2 Å². The molecule has 0 aromatic heterocycles. The van der Waals surface area contributed by atoms with Crippen molar-refractivity contribution in [2.45, 2.75) is 58.3 Å². The van der Waals surface area contributed by atoms with E-state index in [4.69, 9.17) is 19.7 Å². The summed E-state index contributed by atoms with van der Waals surface area (Å²) in [6, 6.07) is 0. The molecule has 0 aliphatic carbocycles. The predicted molar refractivity (Wildman–Crippen MR) is 95.0 cm³/mol. The standard InChI is InChI=1S/C16H36NO6P/c1-2-3-4-5-6-7-8-9-11-20-13-14-21-15-16-23-24(18,19)22-12-10-17/h2-17H2,1H3,(H,18,19). The average molecular weight is 369 g/mol. The fourth-order valence-corrected chi connectivity index (χ4v) is 2.79. The number of nitrogens with two attached hydrogens (primary N) is 1. The molecule has 0 radical (unpaired) electrons. The molecular formula is C16H36NO6P. The summed E-state index contributed by atoms with van der Waals surface area (Å²) >= 11 is 0. The van der Waals surface area contributed by atoms with Crippen LogP contribution >= 0.6 is 7.82 Å². The van der Waals surface area contributed by atoms with Crippen LogP contribution in [0.1, 0.15) is 58.3 Å². The van der Waals surface area contributed by atoms with Gasteiger partial charge in [-0.3, -0.25) is 9.05 Å². The maximum Gasteiger partial charge on any atom is 0.472 e. The highest BCUT2D eigenvalue weighted by Crippen LogP contribution is 2.42. The molecule has 1 unspecified atom stereocenters. The second kappa shape index (κ2) is 17.8. The van der Waals surface area contributed by atoms with E-state index in [1.54, 1.807) is 0 Å². The highest BCUT2D eigenvalue weighted by molar-refractivity contribution is 7.47. The first-order valence-electron chi connectivity index (χ1n) is 9.10. The summed E-state index contributed by atoms with van der Waals surface area (Å²) < 4.78 is 31.3. The van der Waals surface area contributed by atoms with Crippen LogP contribution in [0.2, 0.25) is 0 Å². The van der Waals surface area contributed by atoms with Crippen molar-refractivity contribution in [2.24, 2.45) is 5.73 Å². The van der Waals surface area contributed by atoms with Gasteiger partial charge in [0.1, 0.15) is 0 Å². The van der Waals surface area contributed by atoms with Crippen molar-refractivity contribution in [3.63, 3.8) is 0 Å². The summed E-state index contributed by atoms with van der Waals surface area (Å²) in [6.45, 7) is 4.33. The van der Waals surface area contributed by atoms with Crippen LogP contribution in [0, 0.1) is 0 Å². The van der Waals surface area contributed by atoms with Gasteiger partial charge in [0.15, 0.2) is 0 Å². The quantitative estimate of drug-likeness (QED) is 0.266. The van der Waals surface area contributed by atoms with E-state index in [1.807, 2.05) is 0 Å². The Kier molecular flexibility index (Phi) is 17.8. The van der Waals surface area contributed by atoms with Crippen molar-refractivity contribution >= 4 is 7.82 Å². The van der Waals surface area contributed by atoms with Crippen molar-refractivity contribution in [1.82, 2.24) is 0 Å². The van der Waals surface area contributed by atoms with Crippen LogP contribution in [0.5, 0.6) is 0 Å². The summed E-state index contributed by atoms with van der Waals surface area (Å²) in [5.74, 6) is 0. The van der Waals surface area contributed by atoms with Gasteiger partial charge in [0.2, 0.25) is 0 Å². The molecule has 0 heterocycles. The van der Waals surface area contributed by atoms with Crippen molar-refractivity contribution in [1.29, 1.82) is 0 Å². The fourth-order valence-electron chi connectivity index (χ4n) is 2.08. The maximum absolute atomic E-state index is 11.3. The Morgan fingerprint density at radius 3 is 1.88 bits per heavy atom. The molecule has 0 aromatic rings. The third kappa shape index (κ3) is 18.3. The zero-order valence-corrected chi connectivity index (χ0v) is 16.0. The summed E-state index contributed by atoms with van der Waals surface area (Å²) in [5.41, 5.74) is 5.17. The van der Waals surface area contributed by atoms with Gasteiger partial charge in [-0.05, 0) is 6.42 Å². The third-order valence-electron chi connectivity index (χ3n) is 3.37. The predicted octanol–water partition coefficient (Wildman–Crippen LogP) is 3.25. The van der Waals surface area contributed by atoms with Crippen molar-refractivity contribution < 1.29 is 28.0 Å². The SMILES string of the molecule is CCCCCCCCCCOCCOCCOP(=O)(O)OCCN. The molecule has 0 rings (SSSR count). The van der Waals surface area contributed by atoms with Gasteiger partial charge in [-0.15, -0.1) is 0 Å². The van der Waals surface area contributed by atoms with Crippen LogP contribution < -0.4 is 5.73 Å². The molecule has 146 valence electrons. The van der Waals surface area contributed by atoms with Crippen LogP contribution in [-0.2, 0) is 23.1 Å². The largest absolute Gasteiger partial charge is 0.472 e. The first-order valence-corrected chi connectivity index (χ1v) is 10.6. The second-order valence-electron chi connectivity index (χ2n) is 5.62. The lowest BCUT2D eigenvalue weighted by Crippen LogP contribution is -2.11. The Morgan fingerprint density at radius 2 is 1.25 bits per heavy atom. The first kappa shape index (κ1) is 24.0. The smallest absolute Gasteiger partial charge is 0.379 e. The normalized spacial score (nSPS) is 14.0. The van der Waals surface area contributed by atoms with Crippen LogP contribution in [0.25, 0.3) is 0 Å². The molecule has 0 saturated heterocycles. The van der Waals surface area contributed by atoms with E-state index in [-0.39, 0.29) is 26.4 Å². The first-order chi connectivity index (χ1) is 11.6. The molecule has 7 nitrogen and oxygen atoms in total. The van der Waals surface area contributed by atoms with Gasteiger partial charge in [0.25, 0.3) is 0 Å². The molecule has 0 spiro atoms. The van der Waals surface area contributed by atoms with Gasteiger partial charge in [0, 0.05) is 13.2 Å². The molecule has 24 heavy (non-hydrogen) atoms. The molecule has 0 aliphatic rings. The molecule has 0 saturated carbocycles. The molecule has 8 heteroatoms. The molecule has 0 aliphatic heterocycles. The van der Waals surface area contributed by atoms with Crippen LogP contribution in [0.15, 0.2) is 0 Å². The second-order valence-corrected chi connectivity index (χ2v) is 7.08. The van der Waals surface area contributed by atoms with Crippen LogP contribution in [0.4, 0.5) is 0 Å². The monoisotopic (exact) mass is 369 g/mol. The molecule has 0 aromatic carbocycles. The Labute approximate surface area is 146 Å². The van der Waals surface area contributed by atoms with E-state index >= 15 is 0 Å². The minimum atomic E-state index is -3.99. The maximum atomic E-state index is 11.3. The summed E-state index contributed by atoms with van der Waals surface area (Å²) in [4.78, 5) is 9.22. The van der Waals surface area contributed by atoms with E-state index in [0.29, 0.717) is 13.2 Å². The summed E-state index contributed by atoms with van der Waals surface area (Å²) in [6.07, 6.45) is 10.3. The number of hydrogen-bond donors (Lipinski definition) is 2. The summed E-state index contributed by atoms with van der Waals surface area (Å²) in [7, 11) is -3.99. The lowest BCUT2D eigenvalue weighted by Gasteiger charge is -2.11. The van der Waals surface area contributed by atoms with Crippen molar-refractivity contribution in [3.8, 4) is 0 Å². The number of hydrogen-bond acceptors (Lipinski definition) is 6. The number of phosphoric ester groups is 1. The van der Waals surface area contributed by atoms with Gasteiger partial charge >= 0.3 is 7.82 Å². The van der Waals surface area contributed by atoms with E-state index in [0.717, 1.165) is 13.0 Å². The zero-order chi connectivity index (χ0) is 17.9. The van der Waals surface area contributed by atoms with E-state index in [2.05, 4.69) is 11.4 Å². The molecule has 3 N–H and O–H groups in total. The highest BCUT2D eigenvalue weighted by atomic mass is 31.2. The minimum Gasteiger partial charge on any atom is -0.379 e. The number of phosphoric acid groups is 1. The van der Waals surface area contributed by atoms with Gasteiger partial charge in [-0.2, -0.15) is 0 Å². The third-order valence-corrected chi connectivity index (χ3v) is 4.39. The Balaban J connectivity index is 3.16. The number of ether oxygens (including phenoxy) is 2. The average Bonchev–Trinajstić information content (AvgIpc) is 2.56. The molecule has 0 fully saturated rings. The minimum absolute atomic E-state index is 0.00359. The fraction of sp³-hybridized carbons (Fsp3) is 1.00. The van der Waals surface area contributed by atoms with Gasteiger partial charge in [-0.25, -0.2) is 4.57 Å². The van der Waals surface area contributed by atoms with E-state index in [1.165, 1.54) is 44.9 Å². The van der Waals surface area contributed by atoms with Crippen molar-refractivity contribution in [3.05, 3.63) is 0 Å². The molecule has 0 bridgehead atoms. The number of rotatable bonds is 19. The molecule has 1 atom stereocenters. The molecular weight excluding hydrogens is 333 g/mol. The lowest BCUT2D eigenvalue weighted by molar-refractivity contribution is 0.0292. The highest BCUT2D eigenvalue weighted by Gasteiger charge is 2.19. The Morgan fingerprint density at radius 1 is 0.750 bits per heavy atom. The topological polar surface area (TPSA) is 100 Å². The Bertz CT molecular complexity index is 306. The zero-order valence-electron chi connectivity index (χ0n) is 15.1. The van der Waals surface area contributed by atoms with Crippen LogP contribution in [-0.4, -0.2) is 51.1 Å². The van der Waals surface area contributed by atoms with E-state index < -0.39 is 7.82 Å².